The molecular weight excluding hydrogens is 170 g/mol. The number of hydrogen-bond donors (Lipinski definition) is 1. The quantitative estimate of drug-likeness (QED) is 0.665. The molecule has 0 aliphatic rings. The molecule has 0 saturated carbocycles. The number of aromatic nitrogens is 5. The molecule has 68 valence electrons. The predicted molar refractivity (Wildman–Crippen MR) is 45.5 cm³/mol. The number of rotatable bonds is 1. The highest BCUT2D eigenvalue weighted by Gasteiger charge is 2.11. The van der Waals surface area contributed by atoms with Crippen LogP contribution in [0.4, 0.5) is 0 Å². The molecule has 2 aromatic heterocycles. The Balaban J connectivity index is 2.83. The van der Waals surface area contributed by atoms with E-state index in [2.05, 4.69) is 20.3 Å². The van der Waals surface area contributed by atoms with Gasteiger partial charge < -0.3 is 4.98 Å². The van der Waals surface area contributed by atoms with Crippen LogP contribution in [0.1, 0.15) is 25.6 Å². The van der Waals surface area contributed by atoms with Crippen molar-refractivity contribution < 1.29 is 0 Å². The second-order valence-corrected chi connectivity index (χ2v) is 3.07. The minimum absolute atomic E-state index is 0.198. The lowest BCUT2D eigenvalue weighted by atomic mass is 10.2. The van der Waals surface area contributed by atoms with Crippen molar-refractivity contribution in [2.45, 2.75) is 19.8 Å². The Morgan fingerprint density at radius 1 is 1.46 bits per heavy atom. The average molecular weight is 179 g/mol. The summed E-state index contributed by atoms with van der Waals surface area (Å²) in [6, 6.07) is 0. The Morgan fingerprint density at radius 2 is 2.23 bits per heavy atom. The topological polar surface area (TPSA) is 75.9 Å². The van der Waals surface area contributed by atoms with Gasteiger partial charge in [-0.05, 0) is 0 Å². The first-order valence-electron chi connectivity index (χ1n) is 3.99. The fourth-order valence-corrected chi connectivity index (χ4v) is 1.12. The third-order valence-electron chi connectivity index (χ3n) is 1.75. The van der Waals surface area contributed by atoms with E-state index in [0.29, 0.717) is 5.82 Å². The van der Waals surface area contributed by atoms with Gasteiger partial charge in [0.25, 0.3) is 5.56 Å². The van der Waals surface area contributed by atoms with Gasteiger partial charge in [0.05, 0.1) is 0 Å². The highest BCUT2D eigenvalue weighted by atomic mass is 16.1. The van der Waals surface area contributed by atoms with Gasteiger partial charge in [0.2, 0.25) is 5.65 Å². The van der Waals surface area contributed by atoms with E-state index in [9.17, 15) is 4.79 Å². The number of nitrogens with zero attached hydrogens (tertiary/aromatic N) is 4. The molecule has 0 aliphatic heterocycles. The minimum Gasteiger partial charge on any atom is -0.308 e. The molecule has 2 aromatic rings. The number of aromatic amines is 1. The molecule has 0 aromatic carbocycles. The van der Waals surface area contributed by atoms with Crippen molar-refractivity contribution in [1.82, 2.24) is 24.8 Å². The van der Waals surface area contributed by atoms with Crippen molar-refractivity contribution in [1.29, 1.82) is 0 Å². The van der Waals surface area contributed by atoms with E-state index in [1.807, 2.05) is 13.8 Å². The Hall–Kier alpha value is -1.72. The predicted octanol–water partition coefficient (Wildman–Crippen LogP) is -0.0640. The maximum Gasteiger partial charge on any atom is 0.296 e. The van der Waals surface area contributed by atoms with E-state index in [1.165, 1.54) is 10.8 Å². The van der Waals surface area contributed by atoms with Crippen LogP contribution in [0.2, 0.25) is 0 Å². The van der Waals surface area contributed by atoms with Crippen LogP contribution in [0, 0.1) is 0 Å². The molecule has 6 nitrogen and oxygen atoms in total. The van der Waals surface area contributed by atoms with Gasteiger partial charge in [-0.1, -0.05) is 13.8 Å². The second kappa shape index (κ2) is 2.65. The number of nitrogens with one attached hydrogen (secondary N) is 1. The average Bonchev–Trinajstić information content (AvgIpc) is 2.48. The molecular formula is C7H9N5O. The molecule has 6 heteroatoms. The van der Waals surface area contributed by atoms with Gasteiger partial charge >= 0.3 is 0 Å². The standard InChI is InChI=1S/C7H9N5O/c1-4(2)5-10-11-6-7(13)8-3-9-12(5)6/h3-4H,1-2H3,(H,8,9,13). The van der Waals surface area contributed by atoms with Crippen molar-refractivity contribution in [3.8, 4) is 0 Å². The summed E-state index contributed by atoms with van der Waals surface area (Å²) in [7, 11) is 0. The first kappa shape index (κ1) is 7.90. The van der Waals surface area contributed by atoms with Gasteiger partial charge in [-0.3, -0.25) is 4.79 Å². The molecule has 0 radical (unpaired) electrons. The maximum absolute atomic E-state index is 11.2. The Bertz CT molecular complexity index is 483. The third kappa shape index (κ3) is 1.10. The number of hydrogen-bond acceptors (Lipinski definition) is 4. The van der Waals surface area contributed by atoms with Crippen LogP contribution in [0.3, 0.4) is 0 Å². The molecule has 13 heavy (non-hydrogen) atoms. The molecule has 0 spiro atoms. The van der Waals surface area contributed by atoms with Gasteiger partial charge in [-0.15, -0.1) is 10.2 Å². The fourth-order valence-electron chi connectivity index (χ4n) is 1.12. The van der Waals surface area contributed by atoms with Crippen LogP contribution in [0.5, 0.6) is 0 Å². The van der Waals surface area contributed by atoms with Crippen molar-refractivity contribution in [2.75, 3.05) is 0 Å². The van der Waals surface area contributed by atoms with Gasteiger partial charge in [-0.2, -0.15) is 9.61 Å². The Morgan fingerprint density at radius 3 is 2.92 bits per heavy atom. The lowest BCUT2D eigenvalue weighted by Crippen LogP contribution is -2.12. The summed E-state index contributed by atoms with van der Waals surface area (Å²) in [5.41, 5.74) is -0.0272. The van der Waals surface area contributed by atoms with E-state index < -0.39 is 0 Å². The van der Waals surface area contributed by atoms with Crippen LogP contribution >= 0.6 is 0 Å². The van der Waals surface area contributed by atoms with Crippen molar-refractivity contribution >= 4 is 5.65 Å². The lowest BCUT2D eigenvalue weighted by molar-refractivity contribution is 0.714. The molecule has 2 rings (SSSR count). The highest BCUT2D eigenvalue weighted by molar-refractivity contribution is 5.32. The summed E-state index contributed by atoms with van der Waals surface area (Å²) in [5, 5.41) is 11.6. The van der Waals surface area contributed by atoms with Gasteiger partial charge in [0, 0.05) is 5.92 Å². The monoisotopic (exact) mass is 179 g/mol. The summed E-state index contributed by atoms with van der Waals surface area (Å²) >= 11 is 0. The van der Waals surface area contributed by atoms with Crippen molar-refractivity contribution in [3.63, 3.8) is 0 Å². The van der Waals surface area contributed by atoms with E-state index in [0.717, 1.165) is 0 Å². The number of H-pyrrole nitrogens is 1. The van der Waals surface area contributed by atoms with E-state index >= 15 is 0 Å². The molecule has 0 bridgehead atoms. The molecule has 0 unspecified atom stereocenters. The van der Waals surface area contributed by atoms with Crippen LogP contribution in [0.15, 0.2) is 11.1 Å². The summed E-state index contributed by atoms with van der Waals surface area (Å²) in [5.74, 6) is 0.894. The lowest BCUT2D eigenvalue weighted by Gasteiger charge is -1.98. The third-order valence-corrected chi connectivity index (χ3v) is 1.75. The second-order valence-electron chi connectivity index (χ2n) is 3.07. The summed E-state index contributed by atoms with van der Waals surface area (Å²) < 4.78 is 1.46. The zero-order valence-electron chi connectivity index (χ0n) is 7.35. The van der Waals surface area contributed by atoms with Crippen molar-refractivity contribution in [3.05, 3.63) is 22.5 Å². The molecule has 0 atom stereocenters. The molecule has 1 N–H and O–H groups in total. The molecule has 0 amide bonds. The molecule has 2 heterocycles. The van der Waals surface area contributed by atoms with Crippen LogP contribution in [-0.2, 0) is 0 Å². The smallest absolute Gasteiger partial charge is 0.296 e. The van der Waals surface area contributed by atoms with Gasteiger partial charge in [0.15, 0.2) is 5.82 Å². The summed E-state index contributed by atoms with van der Waals surface area (Å²) in [6.45, 7) is 3.94. The first-order valence-corrected chi connectivity index (χ1v) is 3.99. The number of fused-ring (bicyclic) bond motifs is 1. The van der Waals surface area contributed by atoms with Crippen LogP contribution in [0.25, 0.3) is 5.65 Å². The normalized spacial score (nSPS) is 11.3. The zero-order chi connectivity index (χ0) is 9.42. The van der Waals surface area contributed by atoms with Gasteiger partial charge in [-0.25, -0.2) is 0 Å². The van der Waals surface area contributed by atoms with E-state index in [4.69, 9.17) is 0 Å². The zero-order valence-corrected chi connectivity index (χ0v) is 7.35. The Kier molecular flexibility index (Phi) is 1.61. The Labute approximate surface area is 73.6 Å². The molecule has 0 saturated heterocycles. The SMILES string of the molecule is CC(C)c1nnc2c(=O)[nH]cnn12. The van der Waals surface area contributed by atoms with Crippen LogP contribution in [-0.4, -0.2) is 24.8 Å². The molecule has 0 fully saturated rings. The largest absolute Gasteiger partial charge is 0.308 e. The summed E-state index contributed by atoms with van der Waals surface area (Å²) in [6.07, 6.45) is 1.34. The van der Waals surface area contributed by atoms with Crippen LogP contribution < -0.4 is 5.56 Å². The maximum atomic E-state index is 11.2. The van der Waals surface area contributed by atoms with E-state index in [-0.39, 0.29) is 17.1 Å². The van der Waals surface area contributed by atoms with E-state index in [1.54, 1.807) is 0 Å². The fraction of sp³-hybridized carbons (Fsp3) is 0.429. The van der Waals surface area contributed by atoms with Gasteiger partial charge in [0.1, 0.15) is 6.33 Å². The highest BCUT2D eigenvalue weighted by Crippen LogP contribution is 2.08. The molecule has 0 aliphatic carbocycles. The van der Waals surface area contributed by atoms with Crippen molar-refractivity contribution in [2.24, 2.45) is 0 Å². The first-order chi connectivity index (χ1) is 6.20. The minimum atomic E-state index is -0.269. The summed E-state index contributed by atoms with van der Waals surface area (Å²) in [4.78, 5) is 13.6.